The van der Waals surface area contributed by atoms with Gasteiger partial charge in [0.15, 0.2) is 0 Å². The maximum atomic E-state index is 13.2. The van der Waals surface area contributed by atoms with Gasteiger partial charge in [-0.1, -0.05) is 53.5 Å². The normalized spacial score (nSPS) is 13.7. The van der Waals surface area contributed by atoms with E-state index in [1.807, 2.05) is 20.8 Å². The van der Waals surface area contributed by atoms with Gasteiger partial charge in [0.25, 0.3) is 21.8 Å². The fraction of sp³-hybridized carbons (Fsp3) is 0.265. The minimum Gasteiger partial charge on any atom is -0.444 e. The summed E-state index contributed by atoms with van der Waals surface area (Å²) in [6.45, 7) is 7.29. The molecule has 1 saturated heterocycles. The molecule has 3 amide bonds. The first-order chi connectivity index (χ1) is 22.2. The molecule has 0 bridgehead atoms. The van der Waals surface area contributed by atoms with Crippen molar-refractivity contribution in [2.75, 3.05) is 30.9 Å². The van der Waals surface area contributed by atoms with Crippen LogP contribution in [0.1, 0.15) is 47.1 Å². The Bertz CT molecular complexity index is 1920. The van der Waals surface area contributed by atoms with Crippen LogP contribution in [0.25, 0.3) is 10.8 Å². The highest BCUT2D eigenvalue weighted by Gasteiger charge is 2.28. The first kappa shape index (κ1) is 34.0. The van der Waals surface area contributed by atoms with Crippen LogP contribution in [0.4, 0.5) is 10.5 Å². The van der Waals surface area contributed by atoms with Crippen molar-refractivity contribution in [3.8, 4) is 0 Å². The number of hydrogen-bond acceptors (Lipinski definition) is 6. The van der Waals surface area contributed by atoms with Crippen LogP contribution in [0.3, 0.4) is 0 Å². The molecule has 0 saturated carbocycles. The summed E-state index contributed by atoms with van der Waals surface area (Å²) < 4.78 is 33.8. The molecule has 0 aliphatic carbocycles. The Hall–Kier alpha value is -4.32. The fourth-order valence-corrected chi connectivity index (χ4v) is 6.86. The van der Waals surface area contributed by atoms with Gasteiger partial charge in [-0.05, 0) is 85.6 Å². The molecule has 10 nitrogen and oxygen atoms in total. The van der Waals surface area contributed by atoms with E-state index in [1.165, 1.54) is 18.2 Å². The lowest BCUT2D eigenvalue weighted by Crippen LogP contribution is -2.51. The van der Waals surface area contributed by atoms with Crippen molar-refractivity contribution < 1.29 is 27.5 Å². The van der Waals surface area contributed by atoms with Crippen LogP contribution in [0.15, 0.2) is 83.8 Å². The maximum absolute atomic E-state index is 13.2. The van der Waals surface area contributed by atoms with Crippen LogP contribution in [0.2, 0.25) is 10.0 Å². The van der Waals surface area contributed by atoms with Gasteiger partial charge in [-0.3, -0.25) is 14.3 Å². The number of fused-ring (bicyclic) bond motifs is 1. The number of hydrogen-bond donors (Lipinski definition) is 2. The Morgan fingerprint density at radius 3 is 2.11 bits per heavy atom. The van der Waals surface area contributed by atoms with Crippen molar-refractivity contribution >= 4 is 67.6 Å². The number of carbonyl (C=O) groups is 3. The minimum atomic E-state index is -3.96. The van der Waals surface area contributed by atoms with Gasteiger partial charge in [0, 0.05) is 59.6 Å². The number of sulfonamides is 1. The Kier molecular flexibility index (Phi) is 10.00. The molecular weight excluding hydrogens is 663 g/mol. The lowest BCUT2D eigenvalue weighted by molar-refractivity contribution is 0.0141. The molecule has 1 aliphatic rings. The van der Waals surface area contributed by atoms with Crippen LogP contribution in [0, 0.1) is 0 Å². The lowest BCUT2D eigenvalue weighted by atomic mass is 10.0. The van der Waals surface area contributed by atoms with Gasteiger partial charge in [-0.25, -0.2) is 13.2 Å². The van der Waals surface area contributed by atoms with E-state index in [2.05, 4.69) is 10.0 Å². The third-order valence-corrected chi connectivity index (χ3v) is 9.19. The number of halogens is 2. The number of nitrogens with zero attached hydrogens (tertiary/aromatic N) is 2. The molecule has 246 valence electrons. The van der Waals surface area contributed by atoms with E-state index in [-0.39, 0.29) is 39.4 Å². The van der Waals surface area contributed by atoms with E-state index in [1.54, 1.807) is 70.5 Å². The average molecular weight is 698 g/mol. The summed E-state index contributed by atoms with van der Waals surface area (Å²) in [4.78, 5) is 41.8. The van der Waals surface area contributed by atoms with Gasteiger partial charge in [0.1, 0.15) is 5.60 Å². The molecule has 47 heavy (non-hydrogen) atoms. The molecule has 1 aliphatic heterocycles. The quantitative estimate of drug-likeness (QED) is 0.225. The molecule has 0 spiro atoms. The molecule has 0 radical (unpaired) electrons. The summed E-state index contributed by atoms with van der Waals surface area (Å²) in [6, 6.07) is 21.2. The second-order valence-electron chi connectivity index (χ2n) is 12.1. The molecule has 0 unspecified atom stereocenters. The number of amides is 3. The number of nitrogens with one attached hydrogen (secondary N) is 2. The fourth-order valence-electron chi connectivity index (χ4n) is 5.09. The number of rotatable bonds is 7. The van der Waals surface area contributed by atoms with Gasteiger partial charge < -0.3 is 19.9 Å². The monoisotopic (exact) mass is 696 g/mol. The third kappa shape index (κ3) is 8.54. The number of piperazine rings is 1. The molecule has 4 aromatic carbocycles. The van der Waals surface area contributed by atoms with Crippen molar-refractivity contribution in [2.24, 2.45) is 0 Å². The summed E-state index contributed by atoms with van der Waals surface area (Å²) >= 11 is 12.0. The summed E-state index contributed by atoms with van der Waals surface area (Å²) in [6.07, 6.45) is -0.382. The van der Waals surface area contributed by atoms with E-state index >= 15 is 0 Å². The highest BCUT2D eigenvalue weighted by molar-refractivity contribution is 7.92. The van der Waals surface area contributed by atoms with E-state index in [4.69, 9.17) is 27.9 Å². The van der Waals surface area contributed by atoms with E-state index in [0.29, 0.717) is 53.8 Å². The van der Waals surface area contributed by atoms with Crippen LogP contribution >= 0.6 is 23.2 Å². The predicted octanol–water partition coefficient (Wildman–Crippen LogP) is 6.57. The maximum Gasteiger partial charge on any atom is 0.410 e. The summed E-state index contributed by atoms with van der Waals surface area (Å²) in [7, 11) is -3.96. The van der Waals surface area contributed by atoms with Crippen molar-refractivity contribution in [1.29, 1.82) is 0 Å². The van der Waals surface area contributed by atoms with Crippen molar-refractivity contribution in [1.82, 2.24) is 15.1 Å². The number of ether oxygens (including phenoxy) is 1. The summed E-state index contributed by atoms with van der Waals surface area (Å²) in [5, 5.41) is 4.62. The molecule has 2 N–H and O–H groups in total. The molecule has 0 atom stereocenters. The number of carbonyl (C=O) groups excluding carboxylic acids is 3. The average Bonchev–Trinajstić information content (AvgIpc) is 3.02. The van der Waals surface area contributed by atoms with Gasteiger partial charge in [0.05, 0.1) is 4.90 Å². The first-order valence-corrected chi connectivity index (χ1v) is 17.1. The first-order valence-electron chi connectivity index (χ1n) is 14.8. The molecule has 1 fully saturated rings. The highest BCUT2D eigenvalue weighted by atomic mass is 35.5. The molecule has 4 aromatic rings. The van der Waals surface area contributed by atoms with E-state index < -0.39 is 15.6 Å². The zero-order valence-corrected chi connectivity index (χ0v) is 28.4. The molecule has 5 rings (SSSR count). The summed E-state index contributed by atoms with van der Waals surface area (Å²) in [5.74, 6) is -0.432. The summed E-state index contributed by atoms with van der Waals surface area (Å²) in [5.41, 5.74) is 1.49. The molecule has 0 aromatic heterocycles. The van der Waals surface area contributed by atoms with E-state index in [9.17, 15) is 22.8 Å². The SMILES string of the molecule is CC(C)(C)OC(=O)N1CCN(C(=O)c2ccc(CNC(=O)c3cccc4cc(NS(=O)(=O)c5cc(Cl)cc(Cl)c5)ccc34)cc2)CC1. The zero-order chi connectivity index (χ0) is 33.9. The van der Waals surface area contributed by atoms with Gasteiger partial charge >= 0.3 is 6.09 Å². The third-order valence-electron chi connectivity index (χ3n) is 7.40. The van der Waals surface area contributed by atoms with Gasteiger partial charge in [-0.2, -0.15) is 0 Å². The van der Waals surface area contributed by atoms with E-state index in [0.717, 1.165) is 5.56 Å². The van der Waals surface area contributed by atoms with Crippen molar-refractivity contribution in [2.45, 2.75) is 37.8 Å². The largest absolute Gasteiger partial charge is 0.444 e. The second kappa shape index (κ2) is 13.8. The Morgan fingerprint density at radius 2 is 1.47 bits per heavy atom. The predicted molar refractivity (Wildman–Crippen MR) is 183 cm³/mol. The van der Waals surface area contributed by atoms with Crippen LogP contribution in [-0.4, -0.2) is 67.9 Å². The van der Waals surface area contributed by atoms with Crippen LogP contribution in [0.5, 0.6) is 0 Å². The zero-order valence-electron chi connectivity index (χ0n) is 26.0. The van der Waals surface area contributed by atoms with Gasteiger partial charge in [0.2, 0.25) is 0 Å². The van der Waals surface area contributed by atoms with Crippen molar-refractivity contribution in [3.63, 3.8) is 0 Å². The molecular formula is C34H34Cl2N4O6S. The Morgan fingerprint density at radius 1 is 0.830 bits per heavy atom. The number of benzene rings is 4. The Balaban J connectivity index is 1.18. The van der Waals surface area contributed by atoms with Crippen molar-refractivity contribution in [3.05, 3.63) is 106 Å². The van der Waals surface area contributed by atoms with Gasteiger partial charge in [-0.15, -0.1) is 0 Å². The molecule has 1 heterocycles. The number of anilines is 1. The lowest BCUT2D eigenvalue weighted by Gasteiger charge is -2.35. The second-order valence-corrected chi connectivity index (χ2v) is 14.6. The van der Waals surface area contributed by atoms with Crippen LogP contribution < -0.4 is 10.0 Å². The minimum absolute atomic E-state index is 0.0706. The highest BCUT2D eigenvalue weighted by Crippen LogP contribution is 2.27. The topological polar surface area (TPSA) is 125 Å². The smallest absolute Gasteiger partial charge is 0.410 e. The Labute approximate surface area is 283 Å². The molecule has 13 heteroatoms. The standard InChI is InChI=1S/C34H34Cl2N4O6S/c1-34(2,3)46-33(43)40-15-13-39(14-16-40)32(42)23-9-7-22(8-10-23)21-37-31(41)30-6-4-5-24-17-27(11-12-29(24)30)38-47(44,45)28-19-25(35)18-26(36)20-28/h4-12,17-20,38H,13-16,21H2,1-3H3,(H,37,41). The van der Waals surface area contributed by atoms with Crippen LogP contribution in [-0.2, 0) is 21.3 Å².